The Kier molecular flexibility index (Phi) is 4.25. The largest absolute Gasteiger partial charge is 0.366 e. The lowest BCUT2D eigenvalue weighted by molar-refractivity contribution is 0.609. The van der Waals surface area contributed by atoms with E-state index in [2.05, 4.69) is 44.9 Å². The van der Waals surface area contributed by atoms with E-state index in [9.17, 15) is 0 Å². The number of halogens is 1. The molecule has 1 heterocycles. The fourth-order valence-electron chi connectivity index (χ4n) is 2.73. The molecule has 1 aromatic carbocycles. The zero-order valence-electron chi connectivity index (χ0n) is 12.1. The van der Waals surface area contributed by atoms with Gasteiger partial charge in [0.25, 0.3) is 0 Å². The van der Waals surface area contributed by atoms with Crippen LogP contribution in [0.1, 0.15) is 24.5 Å². The van der Waals surface area contributed by atoms with E-state index in [1.807, 2.05) is 6.92 Å². The molecule has 110 valence electrons. The van der Waals surface area contributed by atoms with Crippen LogP contribution in [0.25, 0.3) is 0 Å². The van der Waals surface area contributed by atoms with Crippen LogP contribution < -0.4 is 10.6 Å². The van der Waals surface area contributed by atoms with Crippen molar-refractivity contribution in [3.05, 3.63) is 46.6 Å². The second-order valence-electron chi connectivity index (χ2n) is 5.27. The highest BCUT2D eigenvalue weighted by molar-refractivity contribution is 6.32. The predicted molar refractivity (Wildman–Crippen MR) is 87.1 cm³/mol. The number of aromatic nitrogens is 2. The Labute approximate surface area is 130 Å². The molecule has 0 spiro atoms. The summed E-state index contributed by atoms with van der Waals surface area (Å²) in [7, 11) is 0. The Morgan fingerprint density at radius 3 is 2.90 bits per heavy atom. The van der Waals surface area contributed by atoms with Gasteiger partial charge in [-0.15, -0.1) is 0 Å². The zero-order valence-corrected chi connectivity index (χ0v) is 12.8. The lowest BCUT2D eigenvalue weighted by Gasteiger charge is -2.26. The summed E-state index contributed by atoms with van der Waals surface area (Å²) in [4.78, 5) is 8.61. The molecule has 0 fully saturated rings. The molecule has 0 aliphatic heterocycles. The number of anilines is 2. The second-order valence-corrected chi connectivity index (χ2v) is 5.68. The van der Waals surface area contributed by atoms with Crippen LogP contribution in [0.2, 0.25) is 5.02 Å². The first-order valence-corrected chi connectivity index (χ1v) is 7.73. The van der Waals surface area contributed by atoms with E-state index in [1.165, 1.54) is 11.1 Å². The van der Waals surface area contributed by atoms with Crippen LogP contribution in [0.3, 0.4) is 0 Å². The summed E-state index contributed by atoms with van der Waals surface area (Å²) in [6.07, 6.45) is 4.84. The van der Waals surface area contributed by atoms with Gasteiger partial charge < -0.3 is 10.6 Å². The van der Waals surface area contributed by atoms with Crippen LogP contribution in [0.15, 0.2) is 30.5 Å². The first-order valence-electron chi connectivity index (χ1n) is 7.36. The van der Waals surface area contributed by atoms with Crippen LogP contribution in [0.4, 0.5) is 11.8 Å². The molecule has 1 aromatic heterocycles. The van der Waals surface area contributed by atoms with Crippen LogP contribution in [-0.4, -0.2) is 22.6 Å². The quantitative estimate of drug-likeness (QED) is 0.907. The van der Waals surface area contributed by atoms with Gasteiger partial charge in [-0.05, 0) is 37.3 Å². The second kappa shape index (κ2) is 6.31. The van der Waals surface area contributed by atoms with Crippen molar-refractivity contribution < 1.29 is 0 Å². The number of aryl methyl sites for hydroxylation is 1. The smallest absolute Gasteiger partial charge is 0.224 e. The van der Waals surface area contributed by atoms with E-state index >= 15 is 0 Å². The van der Waals surface area contributed by atoms with Crippen LogP contribution >= 0.6 is 11.6 Å². The number of nitrogens with zero attached hydrogens (tertiary/aromatic N) is 2. The number of nitrogens with one attached hydrogen (secondary N) is 2. The molecule has 5 heteroatoms. The lowest BCUT2D eigenvalue weighted by Crippen LogP contribution is -2.28. The molecular weight excluding hydrogens is 284 g/mol. The number of hydrogen-bond donors (Lipinski definition) is 2. The molecule has 3 rings (SSSR count). The van der Waals surface area contributed by atoms with E-state index in [4.69, 9.17) is 11.6 Å². The van der Waals surface area contributed by atoms with Crippen molar-refractivity contribution in [3.63, 3.8) is 0 Å². The number of rotatable bonds is 4. The molecule has 1 aliphatic rings. The molecule has 0 bridgehead atoms. The molecule has 0 saturated carbocycles. The monoisotopic (exact) mass is 302 g/mol. The van der Waals surface area contributed by atoms with E-state index in [-0.39, 0.29) is 0 Å². The third kappa shape index (κ3) is 3.27. The minimum absolute atomic E-state index is 0.363. The molecule has 1 aliphatic carbocycles. The molecule has 2 aromatic rings. The van der Waals surface area contributed by atoms with Crippen LogP contribution in [0.5, 0.6) is 0 Å². The molecular formula is C16H19ClN4. The van der Waals surface area contributed by atoms with Crippen LogP contribution in [-0.2, 0) is 12.8 Å². The zero-order chi connectivity index (χ0) is 14.7. The summed E-state index contributed by atoms with van der Waals surface area (Å²) in [5.41, 5.74) is 2.87. The highest BCUT2D eigenvalue weighted by atomic mass is 35.5. The third-order valence-electron chi connectivity index (χ3n) is 3.77. The van der Waals surface area contributed by atoms with Gasteiger partial charge >= 0.3 is 0 Å². The highest BCUT2D eigenvalue weighted by Crippen LogP contribution is 2.26. The summed E-state index contributed by atoms with van der Waals surface area (Å²) in [6.45, 7) is 2.81. The van der Waals surface area contributed by atoms with E-state index in [1.54, 1.807) is 6.20 Å². The summed E-state index contributed by atoms with van der Waals surface area (Å²) in [5.74, 6) is 1.33. The number of benzene rings is 1. The van der Waals surface area contributed by atoms with Crippen molar-refractivity contribution >= 4 is 23.4 Å². The lowest BCUT2D eigenvalue weighted by atomic mass is 9.88. The van der Waals surface area contributed by atoms with Crippen molar-refractivity contribution in [2.75, 3.05) is 17.2 Å². The molecule has 0 saturated heterocycles. The maximum Gasteiger partial charge on any atom is 0.224 e. The van der Waals surface area contributed by atoms with E-state index < -0.39 is 0 Å². The standard InChI is InChI=1S/C16H19ClN4/c1-2-18-16-19-10-14(17)15(21-16)20-13-8-7-11-5-3-4-6-12(11)9-13/h3-6,10,13H,2,7-9H2,1H3,(H2,18,19,20,21). The van der Waals surface area contributed by atoms with Gasteiger partial charge in [0.05, 0.1) is 6.20 Å². The predicted octanol–water partition coefficient (Wildman–Crippen LogP) is 3.53. The van der Waals surface area contributed by atoms with Crippen molar-refractivity contribution in [3.8, 4) is 0 Å². The molecule has 0 amide bonds. The Bertz CT molecular complexity index is 629. The molecule has 1 unspecified atom stereocenters. The SMILES string of the molecule is CCNc1ncc(Cl)c(NC2CCc3ccccc3C2)n1. The van der Waals surface area contributed by atoms with Gasteiger partial charge in [-0.1, -0.05) is 35.9 Å². The van der Waals surface area contributed by atoms with Crippen molar-refractivity contribution in [1.29, 1.82) is 0 Å². The van der Waals surface area contributed by atoms with E-state index in [0.29, 0.717) is 22.8 Å². The molecule has 0 radical (unpaired) electrons. The first-order chi connectivity index (χ1) is 10.3. The number of fused-ring (bicyclic) bond motifs is 1. The maximum absolute atomic E-state index is 6.20. The highest BCUT2D eigenvalue weighted by Gasteiger charge is 2.19. The average Bonchev–Trinajstić information content (AvgIpc) is 2.51. The fraction of sp³-hybridized carbons (Fsp3) is 0.375. The molecule has 2 N–H and O–H groups in total. The summed E-state index contributed by atoms with van der Waals surface area (Å²) in [6, 6.07) is 8.99. The Morgan fingerprint density at radius 2 is 2.10 bits per heavy atom. The van der Waals surface area contributed by atoms with Gasteiger partial charge in [0.1, 0.15) is 5.02 Å². The molecule has 21 heavy (non-hydrogen) atoms. The van der Waals surface area contributed by atoms with Gasteiger partial charge in [0.2, 0.25) is 5.95 Å². The van der Waals surface area contributed by atoms with Gasteiger partial charge in [0, 0.05) is 12.6 Å². The maximum atomic E-state index is 6.20. The van der Waals surface area contributed by atoms with Gasteiger partial charge in [-0.25, -0.2) is 4.98 Å². The Hall–Kier alpha value is -1.81. The summed E-state index contributed by atoms with van der Waals surface area (Å²) < 4.78 is 0. The first kappa shape index (κ1) is 14.1. The minimum Gasteiger partial charge on any atom is -0.366 e. The van der Waals surface area contributed by atoms with Crippen LogP contribution in [0, 0.1) is 0 Å². The Morgan fingerprint density at radius 1 is 1.29 bits per heavy atom. The summed E-state index contributed by atoms with van der Waals surface area (Å²) in [5, 5.41) is 7.14. The van der Waals surface area contributed by atoms with Crippen molar-refractivity contribution in [1.82, 2.24) is 9.97 Å². The Balaban J connectivity index is 1.74. The van der Waals surface area contributed by atoms with E-state index in [0.717, 1.165) is 25.8 Å². The van der Waals surface area contributed by atoms with Gasteiger partial charge in [0.15, 0.2) is 5.82 Å². The van der Waals surface area contributed by atoms with Crippen molar-refractivity contribution in [2.24, 2.45) is 0 Å². The normalized spacial score (nSPS) is 17.1. The van der Waals surface area contributed by atoms with Crippen molar-refractivity contribution in [2.45, 2.75) is 32.2 Å². The fourth-order valence-corrected chi connectivity index (χ4v) is 2.87. The van der Waals surface area contributed by atoms with Gasteiger partial charge in [-0.2, -0.15) is 4.98 Å². The molecule has 1 atom stereocenters. The molecule has 4 nitrogen and oxygen atoms in total. The topological polar surface area (TPSA) is 49.8 Å². The summed E-state index contributed by atoms with van der Waals surface area (Å²) >= 11 is 6.20. The average molecular weight is 303 g/mol. The van der Waals surface area contributed by atoms with Gasteiger partial charge in [-0.3, -0.25) is 0 Å². The number of hydrogen-bond acceptors (Lipinski definition) is 4. The minimum atomic E-state index is 0.363. The third-order valence-corrected chi connectivity index (χ3v) is 4.04.